The minimum Gasteiger partial charge on any atom is -0.455 e. The van der Waals surface area contributed by atoms with Crippen LogP contribution in [0.2, 0.25) is 0 Å². The highest BCUT2D eigenvalue weighted by atomic mass is 16.5. The molecule has 0 aliphatic carbocycles. The maximum absolute atomic E-state index is 7.06. The third kappa shape index (κ3) is 3.64. The summed E-state index contributed by atoms with van der Waals surface area (Å²) in [7, 11) is 2.17. The van der Waals surface area contributed by atoms with Gasteiger partial charge in [0, 0.05) is 17.0 Å². The molecule has 0 bridgehead atoms. The molecule has 1 aromatic heterocycles. The molecule has 4 aromatic carbocycles. The molecule has 0 N–H and O–H groups in total. The molecule has 0 spiro atoms. The summed E-state index contributed by atoms with van der Waals surface area (Å²) in [6.45, 7) is 18.3. The first-order valence-corrected chi connectivity index (χ1v) is 13.5. The summed E-state index contributed by atoms with van der Waals surface area (Å²) in [5, 5.41) is 7.70. The normalized spacial score (nSPS) is 13.3. The first kappa shape index (κ1) is 24.0. The minimum atomic E-state index is -0.0799. The molecule has 37 heavy (non-hydrogen) atoms. The zero-order valence-corrected chi connectivity index (χ0v) is 23.8. The van der Waals surface area contributed by atoms with Crippen LogP contribution in [0.1, 0.15) is 63.8 Å². The number of rotatable bonds is 1. The van der Waals surface area contributed by atoms with Gasteiger partial charge in [-0.25, -0.2) is 4.57 Å². The van der Waals surface area contributed by atoms with E-state index in [2.05, 4.69) is 122 Å². The van der Waals surface area contributed by atoms with Gasteiger partial charge in [0.2, 0.25) is 5.69 Å². The van der Waals surface area contributed by atoms with Crippen molar-refractivity contribution in [1.29, 1.82) is 0 Å². The fraction of sp³-hybridized carbons (Fsp3) is 0.343. The second kappa shape index (κ2) is 7.81. The zero-order valence-electron chi connectivity index (χ0n) is 23.8. The van der Waals surface area contributed by atoms with Crippen molar-refractivity contribution in [3.8, 4) is 22.8 Å². The van der Waals surface area contributed by atoms with Crippen molar-refractivity contribution in [3.63, 3.8) is 0 Å². The number of ether oxygens (including phenoxy) is 1. The van der Waals surface area contributed by atoms with E-state index in [1.54, 1.807) is 0 Å². The van der Waals surface area contributed by atoms with Gasteiger partial charge in [-0.1, -0.05) is 83.5 Å². The van der Waals surface area contributed by atoms with Crippen molar-refractivity contribution >= 4 is 32.3 Å². The Bertz CT molecular complexity index is 1760. The highest BCUT2D eigenvalue weighted by molar-refractivity contribution is 6.17. The minimum absolute atomic E-state index is 0.0799. The molecule has 0 unspecified atom stereocenters. The van der Waals surface area contributed by atoms with Gasteiger partial charge in [0.25, 0.3) is 0 Å². The van der Waals surface area contributed by atoms with Crippen molar-refractivity contribution in [2.45, 2.75) is 67.2 Å². The Hall–Kier alpha value is -3.39. The van der Waals surface area contributed by atoms with Crippen molar-refractivity contribution in [3.05, 3.63) is 77.0 Å². The molecule has 2 heterocycles. The average molecular weight is 489 g/mol. The molecule has 5 aromatic rings. The summed E-state index contributed by atoms with van der Waals surface area (Å²) in [5.41, 5.74) is 7.85. The second-order valence-corrected chi connectivity index (χ2v) is 13.3. The molecular weight excluding hydrogens is 450 g/mol. The molecule has 1 aliphatic rings. The van der Waals surface area contributed by atoms with Crippen LogP contribution in [-0.2, 0) is 18.9 Å². The van der Waals surface area contributed by atoms with Gasteiger partial charge >= 0.3 is 0 Å². The van der Waals surface area contributed by atoms with Gasteiger partial charge in [-0.15, -0.1) is 0 Å². The molecule has 0 amide bonds. The Balaban J connectivity index is 1.80. The number of benzene rings is 4. The van der Waals surface area contributed by atoms with Gasteiger partial charge in [-0.2, -0.15) is 0 Å². The number of aromatic nitrogens is 1. The largest absolute Gasteiger partial charge is 0.455 e. The van der Waals surface area contributed by atoms with Gasteiger partial charge in [0.05, 0.1) is 10.9 Å². The Morgan fingerprint density at radius 3 is 2.24 bits per heavy atom. The van der Waals surface area contributed by atoms with Crippen LogP contribution in [0.3, 0.4) is 0 Å². The van der Waals surface area contributed by atoms with Gasteiger partial charge < -0.3 is 4.74 Å². The van der Waals surface area contributed by atoms with Crippen LogP contribution in [-0.4, -0.2) is 0 Å². The Labute approximate surface area is 220 Å². The first-order valence-electron chi connectivity index (χ1n) is 13.5. The van der Waals surface area contributed by atoms with Crippen LogP contribution in [0.15, 0.2) is 54.7 Å². The lowest BCUT2D eigenvalue weighted by atomic mass is 9.78. The predicted molar refractivity (Wildman–Crippen MR) is 157 cm³/mol. The molecule has 0 fully saturated rings. The Morgan fingerprint density at radius 1 is 0.784 bits per heavy atom. The molecule has 2 nitrogen and oxygen atoms in total. The predicted octanol–water partition coefficient (Wildman–Crippen LogP) is 9.25. The second-order valence-electron chi connectivity index (χ2n) is 13.3. The Morgan fingerprint density at radius 2 is 1.54 bits per heavy atom. The number of fused-ring (bicyclic) bond motifs is 5. The molecule has 0 radical (unpaired) electrons. The van der Waals surface area contributed by atoms with Crippen molar-refractivity contribution in [2.24, 2.45) is 12.5 Å². The summed E-state index contributed by atoms with van der Waals surface area (Å²) >= 11 is 0. The number of hydrogen-bond acceptors (Lipinski definition) is 1. The molecule has 1 aliphatic heterocycles. The highest BCUT2D eigenvalue weighted by Crippen LogP contribution is 2.54. The number of aryl methyl sites for hydroxylation is 3. The highest BCUT2D eigenvalue weighted by Gasteiger charge is 2.36. The fourth-order valence-corrected chi connectivity index (χ4v) is 6.43. The van der Waals surface area contributed by atoms with Crippen molar-refractivity contribution in [2.75, 3.05) is 0 Å². The quantitative estimate of drug-likeness (QED) is 0.166. The maximum Gasteiger partial charge on any atom is 0.228 e. The van der Waals surface area contributed by atoms with Crippen LogP contribution >= 0.6 is 0 Å². The summed E-state index contributed by atoms with van der Waals surface area (Å²) in [5.74, 6) is 1.99. The topological polar surface area (TPSA) is 13.1 Å². The summed E-state index contributed by atoms with van der Waals surface area (Å²) < 4.78 is 9.35. The van der Waals surface area contributed by atoms with E-state index in [1.807, 2.05) is 0 Å². The van der Waals surface area contributed by atoms with E-state index >= 15 is 0 Å². The molecule has 0 atom stereocenters. The zero-order chi connectivity index (χ0) is 26.4. The van der Waals surface area contributed by atoms with Crippen LogP contribution in [0.25, 0.3) is 43.6 Å². The maximum atomic E-state index is 7.06. The van der Waals surface area contributed by atoms with E-state index in [0.29, 0.717) is 0 Å². The molecule has 188 valence electrons. The van der Waals surface area contributed by atoms with E-state index in [1.165, 1.54) is 65.8 Å². The number of hydrogen-bond donors (Lipinski definition) is 0. The van der Waals surface area contributed by atoms with Crippen molar-refractivity contribution in [1.82, 2.24) is 0 Å². The lowest BCUT2D eigenvalue weighted by Gasteiger charge is -2.31. The fourth-order valence-electron chi connectivity index (χ4n) is 6.43. The Kier molecular flexibility index (Phi) is 5.06. The lowest BCUT2D eigenvalue weighted by molar-refractivity contribution is -0.659. The lowest BCUT2D eigenvalue weighted by Crippen LogP contribution is -2.32. The molecule has 2 heteroatoms. The number of nitrogens with zero attached hydrogens (tertiary/aromatic N) is 1. The first-order chi connectivity index (χ1) is 17.3. The summed E-state index contributed by atoms with van der Waals surface area (Å²) in [6.07, 6.45) is 3.25. The van der Waals surface area contributed by atoms with E-state index < -0.39 is 0 Å². The van der Waals surface area contributed by atoms with E-state index in [9.17, 15) is 0 Å². The summed E-state index contributed by atoms with van der Waals surface area (Å²) in [6, 6.07) is 18.2. The smallest absolute Gasteiger partial charge is 0.228 e. The van der Waals surface area contributed by atoms with E-state index in [4.69, 9.17) is 4.74 Å². The molecule has 0 saturated heterocycles. The monoisotopic (exact) mass is 488 g/mol. The standard InChI is InChI=1S/C35H38NO/c1-20-13-14-25-26(17-20)21(2)29-32-30-24(15-16-36(32)9)23-12-10-11-22(19-34(3,4)5)27(23)18-28(30)37-33(29)31(25)35(6,7)8/h10-18H,19H2,1-9H3/q+1. The van der Waals surface area contributed by atoms with Crippen molar-refractivity contribution < 1.29 is 9.30 Å². The third-order valence-corrected chi connectivity index (χ3v) is 7.93. The SMILES string of the molecule is Cc1ccc2c(C(C)(C)C)c3c(c(C)c2c1)-c1c2c(cc4c(CC(C)(C)C)cccc4c2cc[n+]1C)O3. The van der Waals surface area contributed by atoms with Gasteiger partial charge in [0.15, 0.2) is 6.20 Å². The van der Waals surface area contributed by atoms with E-state index in [0.717, 1.165) is 17.9 Å². The molecule has 0 saturated carbocycles. The van der Waals surface area contributed by atoms with Gasteiger partial charge in [-0.3, -0.25) is 0 Å². The average Bonchev–Trinajstić information content (AvgIpc) is 2.79. The van der Waals surface area contributed by atoms with Gasteiger partial charge in [0.1, 0.15) is 18.5 Å². The van der Waals surface area contributed by atoms with E-state index in [-0.39, 0.29) is 10.8 Å². The van der Waals surface area contributed by atoms with Crippen LogP contribution < -0.4 is 9.30 Å². The van der Waals surface area contributed by atoms with Crippen LogP contribution in [0.4, 0.5) is 0 Å². The third-order valence-electron chi connectivity index (χ3n) is 7.93. The molecule has 6 rings (SSSR count). The summed E-state index contributed by atoms with van der Waals surface area (Å²) in [4.78, 5) is 0. The molecular formula is C35H38NO+. The van der Waals surface area contributed by atoms with Crippen LogP contribution in [0, 0.1) is 19.3 Å². The van der Waals surface area contributed by atoms with Crippen LogP contribution in [0.5, 0.6) is 11.5 Å². The van der Waals surface area contributed by atoms with Gasteiger partial charge in [-0.05, 0) is 69.8 Å². The number of pyridine rings is 1.